The van der Waals surface area contributed by atoms with Crippen molar-refractivity contribution < 1.29 is 0 Å². The van der Waals surface area contributed by atoms with Crippen LogP contribution in [0.15, 0.2) is 36.7 Å². The van der Waals surface area contributed by atoms with E-state index in [0.717, 1.165) is 22.7 Å². The molecule has 4 nitrogen and oxygen atoms in total. The summed E-state index contributed by atoms with van der Waals surface area (Å²) in [6.45, 7) is 3.88. The van der Waals surface area contributed by atoms with Crippen LogP contribution < -0.4 is 0 Å². The molecule has 82 valence electrons. The molecule has 4 heteroatoms. The van der Waals surface area contributed by atoms with Crippen LogP contribution in [0, 0.1) is 13.8 Å². The van der Waals surface area contributed by atoms with Crippen molar-refractivity contribution >= 4 is 11.0 Å². The van der Waals surface area contributed by atoms with Gasteiger partial charge in [-0.05, 0) is 26.0 Å². The Hall–Kier alpha value is -2.10. The average Bonchev–Trinajstić information content (AvgIpc) is 2.86. The number of aromatic amines is 2. The Kier molecular flexibility index (Phi) is 3.00. The maximum absolute atomic E-state index is 4.26. The third-order valence-electron chi connectivity index (χ3n) is 2.14. The van der Waals surface area contributed by atoms with E-state index < -0.39 is 0 Å². The molecular weight excluding hydrogens is 200 g/mol. The van der Waals surface area contributed by atoms with Gasteiger partial charge >= 0.3 is 0 Å². The van der Waals surface area contributed by atoms with Crippen LogP contribution in [0.25, 0.3) is 11.0 Å². The Balaban J connectivity index is 0.000000138. The molecule has 0 aliphatic carbocycles. The number of para-hydroxylation sites is 2. The molecule has 0 aliphatic heterocycles. The van der Waals surface area contributed by atoms with Gasteiger partial charge < -0.3 is 9.97 Å². The molecule has 0 atom stereocenters. The minimum absolute atomic E-state index is 0.968. The van der Waals surface area contributed by atoms with Crippen molar-refractivity contribution in [2.75, 3.05) is 0 Å². The lowest BCUT2D eigenvalue weighted by Crippen LogP contribution is -1.68. The highest BCUT2D eigenvalue weighted by Gasteiger charge is 1.93. The summed E-state index contributed by atoms with van der Waals surface area (Å²) in [4.78, 5) is 14.2. The smallest absolute Gasteiger partial charge is 0.104 e. The van der Waals surface area contributed by atoms with Crippen molar-refractivity contribution in [3.05, 3.63) is 48.3 Å². The third kappa shape index (κ3) is 2.48. The summed E-state index contributed by atoms with van der Waals surface area (Å²) in [7, 11) is 0. The number of nitrogens with one attached hydrogen (secondary N) is 2. The lowest BCUT2D eigenvalue weighted by atomic mass is 10.3. The highest BCUT2D eigenvalue weighted by Crippen LogP contribution is 2.08. The summed E-state index contributed by atoms with van der Waals surface area (Å²) in [6, 6.07) is 8.01. The standard InChI is InChI=1S/C8H8N2.C4H6N2/c1-6-9-7-4-2-3-5-8(7)10-6;1-4-5-2-3-6-4/h2-5H,1H3,(H,9,10);2-3H,1H3,(H,5,6). The molecule has 0 bridgehead atoms. The number of aryl methyl sites for hydroxylation is 2. The van der Waals surface area contributed by atoms with E-state index >= 15 is 0 Å². The predicted octanol–water partition coefficient (Wildman–Crippen LogP) is 2.59. The molecule has 16 heavy (non-hydrogen) atoms. The fourth-order valence-electron chi connectivity index (χ4n) is 1.42. The van der Waals surface area contributed by atoms with Gasteiger partial charge in [-0.3, -0.25) is 0 Å². The first-order valence-electron chi connectivity index (χ1n) is 5.13. The molecule has 0 spiro atoms. The maximum atomic E-state index is 4.26. The molecular formula is C12H14N4. The first-order chi connectivity index (χ1) is 7.75. The van der Waals surface area contributed by atoms with E-state index in [4.69, 9.17) is 0 Å². The van der Waals surface area contributed by atoms with Crippen molar-refractivity contribution in [3.8, 4) is 0 Å². The zero-order valence-electron chi connectivity index (χ0n) is 9.36. The molecule has 3 rings (SSSR count). The van der Waals surface area contributed by atoms with Crippen LogP contribution in [-0.2, 0) is 0 Å². The van der Waals surface area contributed by atoms with E-state index in [0.29, 0.717) is 0 Å². The van der Waals surface area contributed by atoms with Crippen molar-refractivity contribution in [1.82, 2.24) is 19.9 Å². The van der Waals surface area contributed by atoms with Crippen molar-refractivity contribution in [1.29, 1.82) is 0 Å². The molecule has 3 aromatic rings. The number of hydrogen-bond donors (Lipinski definition) is 2. The van der Waals surface area contributed by atoms with Gasteiger partial charge in [-0.2, -0.15) is 0 Å². The van der Waals surface area contributed by atoms with E-state index in [1.54, 1.807) is 12.4 Å². The highest BCUT2D eigenvalue weighted by atomic mass is 14.9. The molecule has 0 fully saturated rings. The number of rotatable bonds is 0. The lowest BCUT2D eigenvalue weighted by molar-refractivity contribution is 1.15. The monoisotopic (exact) mass is 214 g/mol. The summed E-state index contributed by atoms with van der Waals surface area (Å²) in [5.41, 5.74) is 2.15. The fourth-order valence-corrected chi connectivity index (χ4v) is 1.42. The van der Waals surface area contributed by atoms with Gasteiger partial charge in [-0.15, -0.1) is 0 Å². The summed E-state index contributed by atoms with van der Waals surface area (Å²) >= 11 is 0. The van der Waals surface area contributed by atoms with Gasteiger partial charge in [0.1, 0.15) is 11.6 Å². The Labute approximate surface area is 93.8 Å². The van der Waals surface area contributed by atoms with Gasteiger partial charge in [0.05, 0.1) is 11.0 Å². The first-order valence-corrected chi connectivity index (χ1v) is 5.13. The normalized spacial score (nSPS) is 9.88. The largest absolute Gasteiger partial charge is 0.349 e. The number of hydrogen-bond acceptors (Lipinski definition) is 2. The van der Waals surface area contributed by atoms with Crippen LogP contribution in [0.5, 0.6) is 0 Å². The minimum Gasteiger partial charge on any atom is -0.349 e. The molecule has 2 aromatic heterocycles. The first kappa shape index (κ1) is 10.4. The summed E-state index contributed by atoms with van der Waals surface area (Å²) in [6.07, 6.45) is 3.53. The van der Waals surface area contributed by atoms with Gasteiger partial charge in [0, 0.05) is 12.4 Å². The lowest BCUT2D eigenvalue weighted by Gasteiger charge is -1.81. The van der Waals surface area contributed by atoms with Gasteiger partial charge in [0.25, 0.3) is 0 Å². The van der Waals surface area contributed by atoms with Crippen LogP contribution in [0.3, 0.4) is 0 Å². The summed E-state index contributed by atoms with van der Waals surface area (Å²) in [5, 5.41) is 0. The molecule has 2 heterocycles. The Morgan fingerprint density at radius 1 is 1.06 bits per heavy atom. The Morgan fingerprint density at radius 3 is 2.44 bits per heavy atom. The fraction of sp³-hybridized carbons (Fsp3) is 0.167. The topological polar surface area (TPSA) is 57.4 Å². The number of benzene rings is 1. The van der Waals surface area contributed by atoms with E-state index in [9.17, 15) is 0 Å². The molecule has 0 unspecified atom stereocenters. The van der Waals surface area contributed by atoms with Crippen LogP contribution in [0.4, 0.5) is 0 Å². The van der Waals surface area contributed by atoms with Crippen molar-refractivity contribution in [2.24, 2.45) is 0 Å². The number of imidazole rings is 2. The Morgan fingerprint density at radius 2 is 1.88 bits per heavy atom. The maximum Gasteiger partial charge on any atom is 0.104 e. The van der Waals surface area contributed by atoms with E-state index in [1.165, 1.54) is 0 Å². The third-order valence-corrected chi connectivity index (χ3v) is 2.14. The van der Waals surface area contributed by atoms with E-state index in [2.05, 4.69) is 19.9 Å². The van der Waals surface area contributed by atoms with Gasteiger partial charge in [0.2, 0.25) is 0 Å². The van der Waals surface area contributed by atoms with Crippen LogP contribution in [0.2, 0.25) is 0 Å². The Bertz CT molecular complexity index is 518. The predicted molar refractivity (Wildman–Crippen MR) is 64.2 cm³/mol. The van der Waals surface area contributed by atoms with Gasteiger partial charge in [-0.1, -0.05) is 12.1 Å². The quantitative estimate of drug-likeness (QED) is 0.604. The molecule has 0 radical (unpaired) electrons. The number of aromatic nitrogens is 4. The molecule has 1 aromatic carbocycles. The zero-order chi connectivity index (χ0) is 11.4. The van der Waals surface area contributed by atoms with Crippen LogP contribution >= 0.6 is 0 Å². The average molecular weight is 214 g/mol. The molecule has 2 N–H and O–H groups in total. The zero-order valence-corrected chi connectivity index (χ0v) is 9.36. The number of H-pyrrole nitrogens is 2. The van der Waals surface area contributed by atoms with E-state index in [-0.39, 0.29) is 0 Å². The van der Waals surface area contributed by atoms with Crippen LogP contribution in [-0.4, -0.2) is 19.9 Å². The highest BCUT2D eigenvalue weighted by molar-refractivity contribution is 5.74. The van der Waals surface area contributed by atoms with Gasteiger partial charge in [-0.25, -0.2) is 9.97 Å². The second-order valence-corrected chi connectivity index (χ2v) is 3.51. The summed E-state index contributed by atoms with van der Waals surface area (Å²) in [5.74, 6) is 1.94. The second kappa shape index (κ2) is 4.61. The summed E-state index contributed by atoms with van der Waals surface area (Å²) < 4.78 is 0. The number of fused-ring (bicyclic) bond motifs is 1. The number of nitrogens with zero attached hydrogens (tertiary/aromatic N) is 2. The van der Waals surface area contributed by atoms with Crippen molar-refractivity contribution in [2.45, 2.75) is 13.8 Å². The SMILES string of the molecule is Cc1nc2ccccc2[nH]1.Cc1ncc[nH]1. The minimum atomic E-state index is 0.968. The second-order valence-electron chi connectivity index (χ2n) is 3.51. The molecule has 0 saturated carbocycles. The van der Waals surface area contributed by atoms with Crippen LogP contribution in [0.1, 0.15) is 11.6 Å². The molecule has 0 saturated heterocycles. The van der Waals surface area contributed by atoms with E-state index in [1.807, 2.05) is 38.1 Å². The van der Waals surface area contributed by atoms with Crippen molar-refractivity contribution in [3.63, 3.8) is 0 Å². The molecule has 0 amide bonds. The van der Waals surface area contributed by atoms with Gasteiger partial charge in [0.15, 0.2) is 0 Å². The molecule has 0 aliphatic rings.